The number of aliphatic carboxylic acids is 1. The number of benzene rings is 3. The Morgan fingerprint density at radius 3 is 2.14 bits per heavy atom. The zero-order chi connectivity index (χ0) is 26.4. The third-order valence-corrected chi connectivity index (χ3v) is 6.77. The predicted molar refractivity (Wildman–Crippen MR) is 137 cm³/mol. The number of fused-ring (bicyclic) bond motifs is 1. The van der Waals surface area contributed by atoms with Gasteiger partial charge in [0.2, 0.25) is 0 Å². The number of carbonyl (C=O) groups is 1. The van der Waals surface area contributed by atoms with Crippen molar-refractivity contribution in [2.24, 2.45) is 0 Å². The van der Waals surface area contributed by atoms with Gasteiger partial charge in [-0.15, -0.1) is 0 Å². The molecule has 1 heterocycles. The molecule has 6 heteroatoms. The zero-order valence-corrected chi connectivity index (χ0v) is 21.7. The fourth-order valence-electron chi connectivity index (χ4n) is 5.10. The van der Waals surface area contributed by atoms with Crippen molar-refractivity contribution < 1.29 is 23.4 Å². The van der Waals surface area contributed by atoms with E-state index in [1.165, 1.54) is 6.07 Å². The van der Waals surface area contributed by atoms with Gasteiger partial charge in [-0.1, -0.05) is 35.9 Å². The monoisotopic (exact) mass is 493 g/mol. The lowest BCUT2D eigenvalue weighted by Crippen LogP contribution is -2.28. The van der Waals surface area contributed by atoms with Crippen LogP contribution in [0.4, 0.5) is 8.78 Å². The van der Waals surface area contributed by atoms with Crippen LogP contribution in [0.3, 0.4) is 0 Å². The summed E-state index contributed by atoms with van der Waals surface area (Å²) in [7, 11) is 0. The van der Waals surface area contributed by atoms with Crippen molar-refractivity contribution in [3.63, 3.8) is 0 Å². The second-order valence-corrected chi connectivity index (χ2v) is 10.7. The summed E-state index contributed by atoms with van der Waals surface area (Å²) in [4.78, 5) is 14.7. The van der Waals surface area contributed by atoms with Gasteiger partial charge in [0.05, 0.1) is 5.60 Å². The van der Waals surface area contributed by atoms with Gasteiger partial charge >= 0.3 is 5.97 Å². The van der Waals surface area contributed by atoms with Gasteiger partial charge in [-0.25, -0.2) is 13.6 Å². The number of rotatable bonds is 6. The zero-order valence-electron chi connectivity index (χ0n) is 21.7. The average molecular weight is 494 g/mol. The number of hydrogen-bond acceptors (Lipinski definition) is 3. The summed E-state index contributed by atoms with van der Waals surface area (Å²) in [6.07, 6.45) is -1.13. The van der Waals surface area contributed by atoms with Gasteiger partial charge in [-0.3, -0.25) is 4.90 Å². The van der Waals surface area contributed by atoms with Crippen molar-refractivity contribution >= 4 is 5.97 Å². The maximum Gasteiger partial charge on any atom is 0.337 e. The van der Waals surface area contributed by atoms with E-state index in [1.54, 1.807) is 6.07 Å². The summed E-state index contributed by atoms with van der Waals surface area (Å²) < 4.78 is 33.3. The Bertz CT molecular complexity index is 1310. The smallest absolute Gasteiger partial charge is 0.337 e. The van der Waals surface area contributed by atoms with Crippen LogP contribution in [0.1, 0.15) is 65.8 Å². The van der Waals surface area contributed by atoms with Crippen LogP contribution in [0, 0.1) is 32.4 Å². The molecule has 3 aromatic rings. The molecule has 0 aliphatic carbocycles. The maximum absolute atomic E-state index is 13.8. The summed E-state index contributed by atoms with van der Waals surface area (Å²) in [6, 6.07) is 12.1. The van der Waals surface area contributed by atoms with Crippen molar-refractivity contribution in [2.45, 2.75) is 72.9 Å². The molecule has 190 valence electrons. The second-order valence-electron chi connectivity index (χ2n) is 10.7. The largest absolute Gasteiger partial charge is 0.479 e. The molecule has 0 aromatic heterocycles. The molecule has 0 unspecified atom stereocenters. The minimum Gasteiger partial charge on any atom is -0.479 e. The molecule has 1 aliphatic rings. The van der Waals surface area contributed by atoms with E-state index in [4.69, 9.17) is 4.74 Å². The van der Waals surface area contributed by atoms with Crippen molar-refractivity contribution in [1.82, 2.24) is 4.90 Å². The van der Waals surface area contributed by atoms with E-state index in [9.17, 15) is 18.7 Å². The first-order valence-corrected chi connectivity index (χ1v) is 12.1. The summed E-state index contributed by atoms with van der Waals surface area (Å²) in [5.41, 5.74) is 7.79. The highest BCUT2D eigenvalue weighted by Gasteiger charge is 2.35. The number of ether oxygens (including phenoxy) is 1. The topological polar surface area (TPSA) is 49.8 Å². The molecule has 0 bridgehead atoms. The fraction of sp³-hybridized carbons (Fsp3) is 0.367. The first-order valence-electron chi connectivity index (χ1n) is 12.1. The molecule has 36 heavy (non-hydrogen) atoms. The van der Waals surface area contributed by atoms with Gasteiger partial charge in [0.15, 0.2) is 17.7 Å². The van der Waals surface area contributed by atoms with Crippen LogP contribution < -0.4 is 0 Å². The van der Waals surface area contributed by atoms with Crippen LogP contribution in [0.2, 0.25) is 0 Å². The fourth-order valence-corrected chi connectivity index (χ4v) is 5.10. The summed E-state index contributed by atoms with van der Waals surface area (Å²) in [5.74, 6) is -2.75. The van der Waals surface area contributed by atoms with Crippen molar-refractivity contribution in [2.75, 3.05) is 0 Å². The highest BCUT2D eigenvalue weighted by Crippen LogP contribution is 2.43. The normalized spacial score (nSPS) is 14.7. The summed E-state index contributed by atoms with van der Waals surface area (Å²) in [6.45, 7) is 13.3. The average Bonchev–Trinajstić information content (AvgIpc) is 3.22. The molecule has 4 rings (SSSR count). The number of hydrogen-bond donors (Lipinski definition) is 1. The lowest BCUT2D eigenvalue weighted by Gasteiger charge is -2.30. The number of halogens is 2. The van der Waals surface area contributed by atoms with Crippen molar-refractivity contribution in [3.05, 3.63) is 93.0 Å². The van der Waals surface area contributed by atoms with Crippen LogP contribution in [0.5, 0.6) is 0 Å². The number of carboxylic acid groups (broad SMARTS) is 1. The lowest BCUT2D eigenvalue weighted by molar-refractivity contribution is -0.160. The van der Waals surface area contributed by atoms with E-state index in [0.29, 0.717) is 30.8 Å². The maximum atomic E-state index is 13.8. The Labute approximate surface area is 211 Å². The molecular weight excluding hydrogens is 460 g/mol. The molecule has 0 spiro atoms. The van der Waals surface area contributed by atoms with Crippen molar-refractivity contribution in [3.8, 4) is 11.1 Å². The number of carboxylic acids is 1. The molecule has 4 nitrogen and oxygen atoms in total. The Morgan fingerprint density at radius 1 is 0.972 bits per heavy atom. The molecule has 0 fully saturated rings. The van der Waals surface area contributed by atoms with E-state index in [0.717, 1.165) is 45.0 Å². The highest BCUT2D eigenvalue weighted by molar-refractivity contribution is 5.84. The number of aryl methyl sites for hydroxylation is 1. The van der Waals surface area contributed by atoms with Gasteiger partial charge in [0, 0.05) is 25.2 Å². The van der Waals surface area contributed by atoms with Gasteiger partial charge in [0.1, 0.15) is 0 Å². The first kappa shape index (κ1) is 26.0. The van der Waals surface area contributed by atoms with Crippen LogP contribution in [0.15, 0.2) is 42.5 Å². The lowest BCUT2D eigenvalue weighted by atomic mass is 9.83. The Balaban J connectivity index is 1.84. The van der Waals surface area contributed by atoms with E-state index >= 15 is 0 Å². The van der Waals surface area contributed by atoms with Gasteiger partial charge in [-0.05, 0) is 92.6 Å². The van der Waals surface area contributed by atoms with Crippen molar-refractivity contribution in [1.29, 1.82) is 0 Å². The molecule has 1 atom stereocenters. The predicted octanol–water partition coefficient (Wildman–Crippen LogP) is 7.01. The molecule has 0 saturated carbocycles. The molecule has 3 aromatic carbocycles. The van der Waals surface area contributed by atoms with E-state index < -0.39 is 29.3 Å². The van der Waals surface area contributed by atoms with E-state index in [1.807, 2.05) is 65.8 Å². The van der Waals surface area contributed by atoms with E-state index in [2.05, 4.69) is 4.90 Å². The standard InChI is InChI=1S/C30H33F2NO3/c1-17-7-10-21(11-8-17)26-18(2)22-15-33(14-20-9-12-24(31)25(32)13-20)16-23(22)19(3)27(26)28(29(34)35)36-30(4,5)6/h7-13,28H,14-16H2,1-6H3,(H,34,35)/t28-/m0/s1. The minimum atomic E-state index is -1.13. The van der Waals surface area contributed by atoms with Crippen LogP contribution in [-0.2, 0) is 29.2 Å². The minimum absolute atomic E-state index is 0.459. The second kappa shape index (κ2) is 9.75. The molecule has 1 aliphatic heterocycles. The van der Waals surface area contributed by atoms with Gasteiger partial charge < -0.3 is 9.84 Å². The highest BCUT2D eigenvalue weighted by atomic mass is 19.2. The van der Waals surface area contributed by atoms with Crippen LogP contribution in [0.25, 0.3) is 11.1 Å². The Kier molecular flexibility index (Phi) is 7.04. The van der Waals surface area contributed by atoms with Crippen LogP contribution >= 0.6 is 0 Å². The number of nitrogens with zero attached hydrogens (tertiary/aromatic N) is 1. The quantitative estimate of drug-likeness (QED) is 0.401. The molecular formula is C30H33F2NO3. The first-order chi connectivity index (χ1) is 16.9. The molecule has 0 radical (unpaired) electrons. The third-order valence-electron chi connectivity index (χ3n) is 6.77. The summed E-state index contributed by atoms with van der Waals surface area (Å²) >= 11 is 0. The molecule has 0 saturated heterocycles. The van der Waals surface area contributed by atoms with E-state index in [-0.39, 0.29) is 0 Å². The molecule has 0 amide bonds. The Hall–Kier alpha value is -3.09. The summed E-state index contributed by atoms with van der Waals surface area (Å²) in [5, 5.41) is 10.3. The third kappa shape index (κ3) is 5.20. The van der Waals surface area contributed by atoms with Gasteiger partial charge in [0.25, 0.3) is 0 Å². The van der Waals surface area contributed by atoms with Crippen LogP contribution in [-0.4, -0.2) is 21.6 Å². The van der Waals surface area contributed by atoms with Gasteiger partial charge in [-0.2, -0.15) is 0 Å². The molecule has 1 N–H and O–H groups in total. The SMILES string of the molecule is Cc1ccc(-c2c(C)c3c(c(C)c2[C@H](OC(C)(C)C)C(=O)O)CN(Cc2ccc(F)c(F)c2)C3)cc1. The Morgan fingerprint density at radius 2 is 1.58 bits per heavy atom.